The van der Waals surface area contributed by atoms with E-state index in [1.54, 1.807) is 0 Å². The minimum Gasteiger partial charge on any atom is -0.264 e. The van der Waals surface area contributed by atoms with Crippen molar-refractivity contribution >= 4 is 0 Å². The van der Waals surface area contributed by atoms with Crippen LogP contribution in [0.5, 0.6) is 0 Å². The predicted octanol–water partition coefficient (Wildman–Crippen LogP) is 4.20. The fourth-order valence-corrected chi connectivity index (χ4v) is 5.29. The summed E-state index contributed by atoms with van der Waals surface area (Å²) < 4.78 is 0. The van der Waals surface area contributed by atoms with Gasteiger partial charge in [-0.2, -0.15) is 0 Å². The first-order chi connectivity index (χ1) is 13.9. The summed E-state index contributed by atoms with van der Waals surface area (Å²) in [5.74, 6) is 0. The third kappa shape index (κ3) is 2.46. The van der Waals surface area contributed by atoms with Crippen molar-refractivity contribution in [1.82, 2.24) is 19.6 Å². The van der Waals surface area contributed by atoms with Crippen LogP contribution in [-0.4, -0.2) is 39.6 Å². The van der Waals surface area contributed by atoms with Gasteiger partial charge in [0.05, 0.1) is 38.5 Å². The Labute approximate surface area is 166 Å². The van der Waals surface area contributed by atoms with Crippen LogP contribution in [0.3, 0.4) is 0 Å². The van der Waals surface area contributed by atoms with Crippen LogP contribution < -0.4 is 0 Å². The lowest BCUT2D eigenvalue weighted by Gasteiger charge is -2.67. The molecule has 3 aromatic rings. The Kier molecular flexibility index (Phi) is 3.84. The van der Waals surface area contributed by atoms with Gasteiger partial charge in [-0.3, -0.25) is 19.6 Å². The Morgan fingerprint density at radius 3 is 1.00 bits per heavy atom. The normalized spacial score (nSPS) is 35.8. The van der Waals surface area contributed by atoms with Crippen molar-refractivity contribution in [2.75, 3.05) is 20.0 Å². The van der Waals surface area contributed by atoms with E-state index in [0.29, 0.717) is 0 Å². The maximum atomic E-state index is 2.65. The zero-order valence-corrected chi connectivity index (χ0v) is 15.8. The second kappa shape index (κ2) is 6.54. The predicted molar refractivity (Wildman–Crippen MR) is 110 cm³/mol. The fourth-order valence-electron chi connectivity index (χ4n) is 5.29. The van der Waals surface area contributed by atoms with Crippen LogP contribution >= 0.6 is 0 Å². The van der Waals surface area contributed by atoms with E-state index >= 15 is 0 Å². The Hall–Kier alpha value is -2.50. The van der Waals surface area contributed by atoms with Crippen LogP contribution in [0.1, 0.15) is 35.2 Å². The maximum Gasteiger partial charge on any atom is 0.0937 e. The van der Waals surface area contributed by atoms with Crippen LogP contribution in [-0.2, 0) is 0 Å². The molecule has 3 aromatic carbocycles. The lowest BCUT2D eigenvalue weighted by atomic mass is 9.96. The molecule has 0 radical (unpaired) electrons. The summed E-state index contributed by atoms with van der Waals surface area (Å²) in [7, 11) is 0. The molecule has 0 atom stereocenters. The van der Waals surface area contributed by atoms with Gasteiger partial charge in [0.25, 0.3) is 0 Å². The largest absolute Gasteiger partial charge is 0.264 e. The third-order valence-corrected chi connectivity index (χ3v) is 6.27. The molecule has 0 aliphatic carbocycles. The summed E-state index contributed by atoms with van der Waals surface area (Å²) in [6.45, 7) is 3.02. The van der Waals surface area contributed by atoms with Gasteiger partial charge >= 0.3 is 0 Å². The summed E-state index contributed by atoms with van der Waals surface area (Å²) in [6.07, 6.45) is 0.846. The first-order valence-electron chi connectivity index (χ1n) is 10.0. The molecule has 7 rings (SSSR count). The summed E-state index contributed by atoms with van der Waals surface area (Å²) in [4.78, 5) is 10.5. The highest BCUT2D eigenvalue weighted by molar-refractivity contribution is 5.29. The fraction of sp³-hybridized carbons (Fsp3) is 0.250. The minimum absolute atomic E-state index is 0.282. The van der Waals surface area contributed by atoms with Gasteiger partial charge in [0, 0.05) is 0 Å². The molecule has 28 heavy (non-hydrogen) atoms. The first-order valence-corrected chi connectivity index (χ1v) is 10.0. The van der Waals surface area contributed by atoms with Crippen molar-refractivity contribution in [3.63, 3.8) is 0 Å². The summed E-state index contributed by atoms with van der Waals surface area (Å²) in [5.41, 5.74) is 4.14. The van der Waals surface area contributed by atoms with E-state index in [4.69, 9.17) is 0 Å². The standard InChI is InChI=1S/C24H24N4/c1-4-10-19(11-5-1)22-26-16-25-17-27(22)24(21-14-8-3-9-15-21)28(18-25)23(26)20-12-6-2-7-13-20/h1-15,22-24H,16-18H2. The van der Waals surface area contributed by atoms with Crippen molar-refractivity contribution in [1.29, 1.82) is 0 Å². The van der Waals surface area contributed by atoms with Crippen LogP contribution in [0, 0.1) is 0 Å². The Morgan fingerprint density at radius 2 is 0.714 bits per heavy atom. The van der Waals surface area contributed by atoms with Crippen LogP contribution in [0.15, 0.2) is 91.0 Å². The van der Waals surface area contributed by atoms with Crippen LogP contribution in [0.25, 0.3) is 0 Å². The maximum absolute atomic E-state index is 2.65. The quantitative estimate of drug-likeness (QED) is 0.687. The lowest BCUT2D eigenvalue weighted by Crippen LogP contribution is -2.74. The van der Waals surface area contributed by atoms with E-state index in [0.717, 1.165) is 20.0 Å². The zero-order valence-electron chi connectivity index (χ0n) is 15.8. The summed E-state index contributed by atoms with van der Waals surface area (Å²) in [6, 6.07) is 33.0. The molecular formula is C24H24N4. The van der Waals surface area contributed by atoms with E-state index < -0.39 is 0 Å². The topological polar surface area (TPSA) is 13.0 Å². The number of benzene rings is 3. The number of rotatable bonds is 3. The van der Waals surface area contributed by atoms with E-state index in [-0.39, 0.29) is 18.5 Å². The molecule has 0 unspecified atom stereocenters. The number of nitrogens with zero attached hydrogens (tertiary/aromatic N) is 4. The molecule has 4 fully saturated rings. The monoisotopic (exact) mass is 368 g/mol. The zero-order chi connectivity index (χ0) is 18.5. The van der Waals surface area contributed by atoms with Gasteiger partial charge in [-0.15, -0.1) is 0 Å². The van der Waals surface area contributed by atoms with Gasteiger partial charge in [0.15, 0.2) is 0 Å². The van der Waals surface area contributed by atoms with E-state index in [2.05, 4.69) is 111 Å². The van der Waals surface area contributed by atoms with E-state index in [1.165, 1.54) is 16.7 Å². The highest BCUT2D eigenvalue weighted by atomic mass is 15.7. The molecule has 0 aromatic heterocycles. The minimum atomic E-state index is 0.282. The number of hydrogen-bond donors (Lipinski definition) is 0. The summed E-state index contributed by atoms with van der Waals surface area (Å²) >= 11 is 0. The highest BCUT2D eigenvalue weighted by Crippen LogP contribution is 2.52. The van der Waals surface area contributed by atoms with E-state index in [1.807, 2.05) is 0 Å². The molecule has 4 aliphatic rings. The van der Waals surface area contributed by atoms with Gasteiger partial charge < -0.3 is 0 Å². The van der Waals surface area contributed by atoms with Gasteiger partial charge in [0.1, 0.15) is 0 Å². The Morgan fingerprint density at radius 1 is 0.429 bits per heavy atom. The lowest BCUT2D eigenvalue weighted by molar-refractivity contribution is -0.304. The van der Waals surface area contributed by atoms with Gasteiger partial charge in [-0.1, -0.05) is 91.0 Å². The smallest absolute Gasteiger partial charge is 0.0937 e. The molecule has 4 bridgehead atoms. The van der Waals surface area contributed by atoms with Crippen molar-refractivity contribution in [3.05, 3.63) is 108 Å². The van der Waals surface area contributed by atoms with Crippen molar-refractivity contribution in [2.45, 2.75) is 18.5 Å². The second-order valence-corrected chi connectivity index (χ2v) is 7.99. The molecule has 0 spiro atoms. The second-order valence-electron chi connectivity index (χ2n) is 7.99. The molecule has 0 amide bonds. The molecule has 0 N–H and O–H groups in total. The van der Waals surface area contributed by atoms with Gasteiger partial charge in [0.2, 0.25) is 0 Å². The SMILES string of the molecule is c1ccc(C2N3CN4CN2C(c2ccccc2)N(C4)C3c2ccccc2)cc1. The molecule has 4 nitrogen and oxygen atoms in total. The molecule has 140 valence electrons. The molecule has 4 saturated heterocycles. The molecule has 0 saturated carbocycles. The molecule has 4 aliphatic heterocycles. The van der Waals surface area contributed by atoms with Crippen molar-refractivity contribution in [2.24, 2.45) is 0 Å². The van der Waals surface area contributed by atoms with Gasteiger partial charge in [-0.25, -0.2) is 0 Å². The molecular weight excluding hydrogens is 344 g/mol. The Bertz CT molecular complexity index is 807. The highest BCUT2D eigenvalue weighted by Gasteiger charge is 2.55. The first kappa shape index (κ1) is 16.5. The summed E-state index contributed by atoms with van der Waals surface area (Å²) in [5, 5.41) is 0. The van der Waals surface area contributed by atoms with Crippen LogP contribution in [0.2, 0.25) is 0 Å². The average molecular weight is 368 g/mol. The van der Waals surface area contributed by atoms with Crippen LogP contribution in [0.4, 0.5) is 0 Å². The Balaban J connectivity index is 1.52. The van der Waals surface area contributed by atoms with Gasteiger partial charge in [-0.05, 0) is 16.7 Å². The third-order valence-electron chi connectivity index (χ3n) is 6.27. The van der Waals surface area contributed by atoms with Crippen molar-refractivity contribution < 1.29 is 0 Å². The van der Waals surface area contributed by atoms with E-state index in [9.17, 15) is 0 Å². The van der Waals surface area contributed by atoms with Crippen molar-refractivity contribution in [3.8, 4) is 0 Å². The average Bonchev–Trinajstić information content (AvgIpc) is 2.76. The molecule has 4 heterocycles. The number of hydrogen-bond acceptors (Lipinski definition) is 4. The molecule has 4 heteroatoms.